The highest BCUT2D eigenvalue weighted by atomic mass is 32.2. The summed E-state index contributed by atoms with van der Waals surface area (Å²) >= 11 is 2.08. The number of ether oxygens (including phenoxy) is 1. The molecule has 6 heteroatoms. The molecule has 5 nitrogen and oxygen atoms in total. The van der Waals surface area contributed by atoms with Crippen LogP contribution in [0.3, 0.4) is 0 Å². The van der Waals surface area contributed by atoms with E-state index in [1.807, 2.05) is 7.05 Å². The first-order valence-corrected chi connectivity index (χ1v) is 10.7. The Kier molecular flexibility index (Phi) is 6.70. The van der Waals surface area contributed by atoms with Gasteiger partial charge in [0.05, 0.1) is 0 Å². The van der Waals surface area contributed by atoms with Gasteiger partial charge in [0.2, 0.25) is 0 Å². The first-order valence-electron chi connectivity index (χ1n) is 9.67. The smallest absolute Gasteiger partial charge is 0.191 e. The molecule has 0 atom stereocenters. The number of nitrogens with one attached hydrogen (secondary N) is 2. The quantitative estimate of drug-likeness (QED) is 0.565. The fourth-order valence-electron chi connectivity index (χ4n) is 3.90. The number of aliphatic imine (C=N–C) groups is 1. The molecule has 0 aromatic heterocycles. The number of hydrogen-bond acceptors (Lipinski definition) is 4. The van der Waals surface area contributed by atoms with E-state index >= 15 is 0 Å². The molecule has 0 bridgehead atoms. The molecule has 0 unspecified atom stereocenters. The number of piperidine rings is 1. The molecule has 3 rings (SSSR count). The van der Waals surface area contributed by atoms with Crippen molar-refractivity contribution < 1.29 is 4.74 Å². The van der Waals surface area contributed by atoms with Crippen LogP contribution in [-0.2, 0) is 4.74 Å². The summed E-state index contributed by atoms with van der Waals surface area (Å²) < 4.78 is 5.87. The van der Waals surface area contributed by atoms with Crippen molar-refractivity contribution in [3.05, 3.63) is 0 Å². The van der Waals surface area contributed by atoms with E-state index in [1.165, 1.54) is 38.8 Å². The van der Waals surface area contributed by atoms with Gasteiger partial charge in [0.1, 0.15) is 0 Å². The Balaban J connectivity index is 1.44. The summed E-state index contributed by atoms with van der Waals surface area (Å²) in [5.41, 5.74) is 0. The largest absolute Gasteiger partial charge is 0.381 e. The van der Waals surface area contributed by atoms with Crippen molar-refractivity contribution in [2.75, 3.05) is 45.6 Å². The molecular weight excluding hydrogens is 320 g/mol. The van der Waals surface area contributed by atoms with E-state index in [1.54, 1.807) is 0 Å². The molecular formula is C18H34N4OS. The maximum Gasteiger partial charge on any atom is 0.191 e. The predicted octanol–water partition coefficient (Wildman–Crippen LogP) is 2.08. The minimum atomic E-state index is 0.306. The molecule has 2 aliphatic heterocycles. The second-order valence-electron chi connectivity index (χ2n) is 7.34. The van der Waals surface area contributed by atoms with Crippen molar-refractivity contribution in [2.45, 2.75) is 62.3 Å². The molecule has 138 valence electrons. The third kappa shape index (κ3) is 5.02. The summed E-state index contributed by atoms with van der Waals surface area (Å²) in [6.45, 7) is 7.50. The van der Waals surface area contributed by atoms with Gasteiger partial charge in [-0.2, -0.15) is 11.8 Å². The zero-order valence-corrected chi connectivity index (χ0v) is 16.2. The van der Waals surface area contributed by atoms with Crippen LogP contribution in [0.2, 0.25) is 0 Å². The topological polar surface area (TPSA) is 48.9 Å². The molecule has 0 aromatic rings. The lowest BCUT2D eigenvalue weighted by molar-refractivity contribution is 0.0781. The maximum atomic E-state index is 5.57. The molecule has 3 aliphatic rings. The third-order valence-electron chi connectivity index (χ3n) is 5.59. The van der Waals surface area contributed by atoms with Crippen LogP contribution in [0.5, 0.6) is 0 Å². The van der Waals surface area contributed by atoms with E-state index < -0.39 is 0 Å². The van der Waals surface area contributed by atoms with E-state index in [4.69, 9.17) is 4.74 Å². The summed E-state index contributed by atoms with van der Waals surface area (Å²) in [6, 6.07) is 1.47. The number of thioether (sulfide) groups is 1. The van der Waals surface area contributed by atoms with Crippen molar-refractivity contribution in [2.24, 2.45) is 4.99 Å². The minimum Gasteiger partial charge on any atom is -0.381 e. The second kappa shape index (κ2) is 8.77. The Morgan fingerprint density at radius 2 is 1.92 bits per heavy atom. The number of hydrogen-bond donors (Lipinski definition) is 2. The van der Waals surface area contributed by atoms with Gasteiger partial charge >= 0.3 is 0 Å². The zero-order chi connectivity index (χ0) is 16.8. The third-order valence-corrected chi connectivity index (χ3v) is 7.04. The highest BCUT2D eigenvalue weighted by molar-refractivity contribution is 8.00. The molecule has 0 amide bonds. The monoisotopic (exact) mass is 354 g/mol. The van der Waals surface area contributed by atoms with E-state index in [9.17, 15) is 0 Å². The standard InChI is InChI=1S/C18H34N4OS/c1-3-24-18(8-12-23-13-9-18)14-20-17(19-2)21-15-6-10-22(11-7-15)16-4-5-16/h15-16H,3-14H2,1-2H3,(H2,19,20,21). The molecule has 1 saturated carbocycles. The molecule has 2 N–H and O–H groups in total. The van der Waals surface area contributed by atoms with Gasteiger partial charge in [-0.1, -0.05) is 6.92 Å². The van der Waals surface area contributed by atoms with Gasteiger partial charge in [-0.25, -0.2) is 0 Å². The lowest BCUT2D eigenvalue weighted by atomic mass is 9.99. The fraction of sp³-hybridized carbons (Fsp3) is 0.944. The van der Waals surface area contributed by atoms with Gasteiger partial charge in [-0.15, -0.1) is 0 Å². The van der Waals surface area contributed by atoms with Crippen molar-refractivity contribution in [1.82, 2.24) is 15.5 Å². The van der Waals surface area contributed by atoms with Crippen LogP contribution in [0.15, 0.2) is 4.99 Å². The van der Waals surface area contributed by atoms with E-state index in [0.29, 0.717) is 10.8 Å². The Hall–Kier alpha value is -0.460. The van der Waals surface area contributed by atoms with Crippen LogP contribution >= 0.6 is 11.8 Å². The zero-order valence-electron chi connectivity index (χ0n) is 15.4. The highest BCUT2D eigenvalue weighted by Crippen LogP contribution is 2.34. The molecule has 3 fully saturated rings. The predicted molar refractivity (Wildman–Crippen MR) is 103 cm³/mol. The highest BCUT2D eigenvalue weighted by Gasteiger charge is 2.34. The van der Waals surface area contributed by atoms with Gasteiger partial charge in [-0.05, 0) is 44.3 Å². The number of guanidine groups is 1. The van der Waals surface area contributed by atoms with Gasteiger partial charge in [-0.3, -0.25) is 4.99 Å². The van der Waals surface area contributed by atoms with E-state index in [2.05, 4.69) is 39.2 Å². The number of nitrogens with zero attached hydrogens (tertiary/aromatic N) is 2. The molecule has 2 heterocycles. The Bertz CT molecular complexity index is 408. The average Bonchev–Trinajstić information content (AvgIpc) is 3.45. The normalized spacial score (nSPS) is 26.3. The van der Waals surface area contributed by atoms with Crippen LogP contribution < -0.4 is 10.6 Å². The SMILES string of the molecule is CCSC1(CNC(=NC)NC2CCN(C3CC3)CC2)CCOCC1. The van der Waals surface area contributed by atoms with Crippen molar-refractivity contribution in [3.8, 4) is 0 Å². The van der Waals surface area contributed by atoms with Crippen molar-refractivity contribution in [3.63, 3.8) is 0 Å². The average molecular weight is 355 g/mol. The minimum absolute atomic E-state index is 0.306. The molecule has 0 spiro atoms. The first kappa shape index (κ1) is 18.3. The van der Waals surface area contributed by atoms with Crippen LogP contribution in [0.25, 0.3) is 0 Å². The Labute approximate surface area is 151 Å². The molecule has 0 radical (unpaired) electrons. The Morgan fingerprint density at radius 1 is 1.21 bits per heavy atom. The molecule has 2 saturated heterocycles. The van der Waals surface area contributed by atoms with Crippen LogP contribution in [0.1, 0.15) is 45.4 Å². The molecule has 24 heavy (non-hydrogen) atoms. The summed E-state index contributed by atoms with van der Waals surface area (Å²) in [4.78, 5) is 7.13. The molecule has 0 aromatic carbocycles. The summed E-state index contributed by atoms with van der Waals surface area (Å²) in [6.07, 6.45) is 7.58. The number of rotatable bonds is 6. The van der Waals surface area contributed by atoms with Gasteiger partial charge < -0.3 is 20.3 Å². The van der Waals surface area contributed by atoms with E-state index in [-0.39, 0.29) is 0 Å². The number of likely N-dealkylation sites (tertiary alicyclic amines) is 1. The maximum absolute atomic E-state index is 5.57. The lowest BCUT2D eigenvalue weighted by Crippen LogP contribution is -2.52. The summed E-state index contributed by atoms with van der Waals surface area (Å²) in [7, 11) is 1.89. The van der Waals surface area contributed by atoms with Gasteiger partial charge in [0, 0.05) is 56.7 Å². The van der Waals surface area contributed by atoms with Gasteiger partial charge in [0.25, 0.3) is 0 Å². The Morgan fingerprint density at radius 3 is 2.50 bits per heavy atom. The fourth-order valence-corrected chi connectivity index (χ4v) is 5.15. The van der Waals surface area contributed by atoms with E-state index in [0.717, 1.165) is 50.4 Å². The molecule has 1 aliphatic carbocycles. The summed E-state index contributed by atoms with van der Waals surface area (Å²) in [5, 5.41) is 7.26. The second-order valence-corrected chi connectivity index (χ2v) is 9.07. The van der Waals surface area contributed by atoms with Crippen molar-refractivity contribution >= 4 is 17.7 Å². The van der Waals surface area contributed by atoms with Crippen LogP contribution in [0, 0.1) is 0 Å². The van der Waals surface area contributed by atoms with Crippen LogP contribution in [-0.4, -0.2) is 73.3 Å². The van der Waals surface area contributed by atoms with Gasteiger partial charge in [0.15, 0.2) is 5.96 Å². The first-order chi connectivity index (χ1) is 11.7. The lowest BCUT2D eigenvalue weighted by Gasteiger charge is -2.37. The van der Waals surface area contributed by atoms with Crippen molar-refractivity contribution in [1.29, 1.82) is 0 Å². The van der Waals surface area contributed by atoms with Crippen LogP contribution in [0.4, 0.5) is 0 Å². The summed E-state index contributed by atoms with van der Waals surface area (Å²) in [5.74, 6) is 2.13.